The third-order valence-electron chi connectivity index (χ3n) is 3.66. The summed E-state index contributed by atoms with van der Waals surface area (Å²) in [5.41, 5.74) is 7.00. The molecule has 0 saturated carbocycles. The van der Waals surface area contributed by atoms with E-state index in [-0.39, 0.29) is 6.04 Å². The molecule has 21 heavy (non-hydrogen) atoms. The van der Waals surface area contributed by atoms with Gasteiger partial charge in [0.15, 0.2) is 17.5 Å². The molecule has 0 aromatic heterocycles. The Morgan fingerprint density at radius 2 is 1.76 bits per heavy atom. The average molecular weight is 293 g/mol. The average Bonchev–Trinajstić information content (AvgIpc) is 2.87. The lowest BCUT2D eigenvalue weighted by Gasteiger charge is -2.27. The first-order valence-electron chi connectivity index (χ1n) is 7.02. The molecule has 2 N–H and O–H groups in total. The standard InChI is InChI=1S/C15H23N3O3/c1-5-6-18-11(9-17-15(18)16)10-7-13(20-3)14(21-4)8-12(10)19-2/h7-8,11H,5-6,9H2,1-4H3,(H2,16,17). The first kappa shape index (κ1) is 15.3. The highest BCUT2D eigenvalue weighted by atomic mass is 16.5. The Kier molecular flexibility index (Phi) is 4.77. The van der Waals surface area contributed by atoms with Gasteiger partial charge in [0.1, 0.15) is 5.75 Å². The molecule has 0 amide bonds. The minimum Gasteiger partial charge on any atom is -0.496 e. The number of aliphatic imine (C=N–C) groups is 1. The van der Waals surface area contributed by atoms with Crippen LogP contribution in [0.3, 0.4) is 0 Å². The van der Waals surface area contributed by atoms with E-state index in [1.807, 2.05) is 12.1 Å². The largest absolute Gasteiger partial charge is 0.496 e. The Hall–Kier alpha value is -2.11. The SMILES string of the molecule is CCCN1C(N)=NCC1c1cc(OC)c(OC)cc1OC. The first-order valence-corrected chi connectivity index (χ1v) is 7.02. The topological polar surface area (TPSA) is 69.3 Å². The van der Waals surface area contributed by atoms with Crippen molar-refractivity contribution in [1.82, 2.24) is 4.90 Å². The molecule has 6 nitrogen and oxygen atoms in total. The molecule has 0 saturated heterocycles. The number of rotatable bonds is 6. The molecule has 0 bridgehead atoms. The summed E-state index contributed by atoms with van der Waals surface area (Å²) in [5, 5.41) is 0. The Morgan fingerprint density at radius 3 is 2.33 bits per heavy atom. The maximum atomic E-state index is 5.99. The van der Waals surface area contributed by atoms with Gasteiger partial charge in [-0.2, -0.15) is 0 Å². The summed E-state index contributed by atoms with van der Waals surface area (Å²) in [6, 6.07) is 3.85. The Labute approximate surface area is 125 Å². The van der Waals surface area contributed by atoms with Crippen LogP contribution in [-0.2, 0) is 0 Å². The maximum Gasteiger partial charge on any atom is 0.191 e. The van der Waals surface area contributed by atoms with Crippen molar-refractivity contribution in [3.63, 3.8) is 0 Å². The second kappa shape index (κ2) is 6.56. The van der Waals surface area contributed by atoms with Gasteiger partial charge in [0.25, 0.3) is 0 Å². The summed E-state index contributed by atoms with van der Waals surface area (Å²) >= 11 is 0. The van der Waals surface area contributed by atoms with Crippen molar-refractivity contribution in [1.29, 1.82) is 0 Å². The summed E-state index contributed by atoms with van der Waals surface area (Å²) in [7, 11) is 4.88. The zero-order valence-corrected chi connectivity index (χ0v) is 13.0. The van der Waals surface area contributed by atoms with Crippen LogP contribution in [-0.4, -0.2) is 45.3 Å². The Morgan fingerprint density at radius 1 is 1.14 bits per heavy atom. The predicted molar refractivity (Wildman–Crippen MR) is 82.3 cm³/mol. The van der Waals surface area contributed by atoms with Gasteiger partial charge in [-0.25, -0.2) is 0 Å². The number of hydrogen-bond donors (Lipinski definition) is 1. The monoisotopic (exact) mass is 293 g/mol. The molecule has 1 heterocycles. The first-order chi connectivity index (χ1) is 10.2. The van der Waals surface area contributed by atoms with Crippen LogP contribution in [0.5, 0.6) is 17.2 Å². The fraction of sp³-hybridized carbons (Fsp3) is 0.533. The summed E-state index contributed by atoms with van der Waals surface area (Å²) in [4.78, 5) is 6.46. The van der Waals surface area contributed by atoms with Gasteiger partial charge in [-0.05, 0) is 12.5 Å². The summed E-state index contributed by atoms with van der Waals surface area (Å²) < 4.78 is 16.2. The maximum absolute atomic E-state index is 5.99. The molecule has 1 aliphatic heterocycles. The number of hydrogen-bond acceptors (Lipinski definition) is 6. The number of guanidine groups is 1. The molecule has 2 rings (SSSR count). The number of nitrogens with two attached hydrogens (primary N) is 1. The third kappa shape index (κ3) is 2.84. The third-order valence-corrected chi connectivity index (χ3v) is 3.66. The smallest absolute Gasteiger partial charge is 0.191 e. The molecular weight excluding hydrogens is 270 g/mol. The van der Waals surface area contributed by atoms with E-state index in [2.05, 4.69) is 16.8 Å². The molecule has 0 spiro atoms. The molecular formula is C15H23N3O3. The van der Waals surface area contributed by atoms with Crippen LogP contribution in [0.4, 0.5) is 0 Å². The van der Waals surface area contributed by atoms with Crippen LogP contribution >= 0.6 is 0 Å². The van der Waals surface area contributed by atoms with Crippen molar-refractivity contribution < 1.29 is 14.2 Å². The van der Waals surface area contributed by atoms with Crippen LogP contribution in [0.15, 0.2) is 17.1 Å². The van der Waals surface area contributed by atoms with Crippen molar-refractivity contribution in [3.05, 3.63) is 17.7 Å². The molecule has 1 aromatic rings. The lowest BCUT2D eigenvalue weighted by molar-refractivity contribution is 0.320. The van der Waals surface area contributed by atoms with Gasteiger partial charge in [-0.1, -0.05) is 6.92 Å². The van der Waals surface area contributed by atoms with Gasteiger partial charge in [0.05, 0.1) is 33.9 Å². The molecule has 0 radical (unpaired) electrons. The quantitative estimate of drug-likeness (QED) is 0.866. The van der Waals surface area contributed by atoms with Gasteiger partial charge in [-0.15, -0.1) is 0 Å². The highest BCUT2D eigenvalue weighted by Gasteiger charge is 2.30. The number of nitrogens with zero attached hydrogens (tertiary/aromatic N) is 2. The summed E-state index contributed by atoms with van der Waals surface area (Å²) in [5.74, 6) is 2.66. The minimum atomic E-state index is 0.0692. The molecule has 0 fully saturated rings. The summed E-state index contributed by atoms with van der Waals surface area (Å²) in [6.45, 7) is 3.60. The van der Waals surface area contributed by atoms with Crippen LogP contribution < -0.4 is 19.9 Å². The normalized spacial score (nSPS) is 17.6. The van der Waals surface area contributed by atoms with Gasteiger partial charge in [0, 0.05) is 18.2 Å². The molecule has 1 atom stereocenters. The number of methoxy groups -OCH3 is 3. The van der Waals surface area contributed by atoms with Crippen LogP contribution in [0, 0.1) is 0 Å². The molecule has 1 unspecified atom stereocenters. The van der Waals surface area contributed by atoms with E-state index in [9.17, 15) is 0 Å². The number of ether oxygens (including phenoxy) is 3. The van der Waals surface area contributed by atoms with Crippen molar-refractivity contribution in [2.45, 2.75) is 19.4 Å². The zero-order chi connectivity index (χ0) is 15.4. The predicted octanol–water partition coefficient (Wildman–Crippen LogP) is 1.79. The molecule has 116 valence electrons. The zero-order valence-electron chi connectivity index (χ0n) is 13.0. The highest BCUT2D eigenvalue weighted by Crippen LogP contribution is 2.40. The lowest BCUT2D eigenvalue weighted by atomic mass is 10.0. The second-order valence-electron chi connectivity index (χ2n) is 4.86. The van der Waals surface area contributed by atoms with Gasteiger partial charge in [-0.3, -0.25) is 4.99 Å². The van der Waals surface area contributed by atoms with Crippen LogP contribution in [0.2, 0.25) is 0 Å². The Balaban J connectivity index is 2.42. The van der Waals surface area contributed by atoms with Gasteiger partial charge in [0.2, 0.25) is 0 Å². The Bertz CT molecular complexity index is 531. The lowest BCUT2D eigenvalue weighted by Crippen LogP contribution is -2.36. The minimum absolute atomic E-state index is 0.0692. The van der Waals surface area contributed by atoms with Crippen LogP contribution in [0.1, 0.15) is 24.9 Å². The number of benzene rings is 1. The second-order valence-corrected chi connectivity index (χ2v) is 4.86. The van der Waals surface area contributed by atoms with Crippen molar-refractivity contribution in [2.75, 3.05) is 34.4 Å². The van der Waals surface area contributed by atoms with E-state index in [1.165, 1.54) is 0 Å². The van der Waals surface area contributed by atoms with Gasteiger partial charge >= 0.3 is 0 Å². The molecule has 1 aliphatic rings. The van der Waals surface area contributed by atoms with E-state index in [4.69, 9.17) is 19.9 Å². The van der Waals surface area contributed by atoms with Crippen molar-refractivity contribution in [3.8, 4) is 17.2 Å². The van der Waals surface area contributed by atoms with E-state index in [1.54, 1.807) is 21.3 Å². The summed E-state index contributed by atoms with van der Waals surface area (Å²) in [6.07, 6.45) is 1.00. The van der Waals surface area contributed by atoms with Crippen LogP contribution in [0.25, 0.3) is 0 Å². The molecule has 6 heteroatoms. The van der Waals surface area contributed by atoms with E-state index < -0.39 is 0 Å². The fourth-order valence-corrected chi connectivity index (χ4v) is 2.62. The highest BCUT2D eigenvalue weighted by molar-refractivity contribution is 5.80. The van der Waals surface area contributed by atoms with E-state index in [0.717, 1.165) is 24.3 Å². The molecule has 1 aromatic carbocycles. The molecule has 0 aliphatic carbocycles. The van der Waals surface area contributed by atoms with E-state index in [0.29, 0.717) is 24.0 Å². The van der Waals surface area contributed by atoms with Crippen molar-refractivity contribution in [2.24, 2.45) is 10.7 Å². The van der Waals surface area contributed by atoms with Crippen molar-refractivity contribution >= 4 is 5.96 Å². The van der Waals surface area contributed by atoms with Gasteiger partial charge < -0.3 is 24.8 Å². The fourth-order valence-electron chi connectivity index (χ4n) is 2.62. The van der Waals surface area contributed by atoms with E-state index >= 15 is 0 Å².